The summed E-state index contributed by atoms with van der Waals surface area (Å²) in [6.07, 6.45) is 6.77. The van der Waals surface area contributed by atoms with Gasteiger partial charge in [-0.25, -0.2) is 9.67 Å². The van der Waals surface area contributed by atoms with Gasteiger partial charge in [-0.15, -0.1) is 0 Å². The van der Waals surface area contributed by atoms with Gasteiger partial charge < -0.3 is 9.32 Å². The molecule has 0 N–H and O–H groups in total. The molecule has 0 bridgehead atoms. The summed E-state index contributed by atoms with van der Waals surface area (Å²) in [4.78, 5) is 18.2. The maximum atomic E-state index is 12.4. The Kier molecular flexibility index (Phi) is 3.06. The number of amides is 1. The minimum atomic E-state index is -0.0349. The number of aromatic nitrogens is 3. The zero-order chi connectivity index (χ0) is 13.2. The lowest BCUT2D eigenvalue weighted by molar-refractivity contribution is 0.0640. The molecule has 1 atom stereocenters. The molecular weight excluding hydrogens is 244 g/mol. The Morgan fingerprint density at radius 3 is 3.11 bits per heavy atom. The fraction of sp³-hybridized carbons (Fsp3) is 0.462. The predicted octanol–water partition coefficient (Wildman–Crippen LogP) is 1.66. The molecule has 3 heterocycles. The third-order valence-electron chi connectivity index (χ3n) is 3.55. The molecule has 6 heteroatoms. The highest BCUT2D eigenvalue weighted by atomic mass is 16.3. The Bertz CT molecular complexity index is 561. The van der Waals surface area contributed by atoms with Gasteiger partial charge in [0.15, 0.2) is 5.76 Å². The molecule has 0 unspecified atom stereocenters. The van der Waals surface area contributed by atoms with Crippen molar-refractivity contribution in [3.63, 3.8) is 0 Å². The number of hydrogen-bond acceptors (Lipinski definition) is 4. The van der Waals surface area contributed by atoms with Crippen molar-refractivity contribution in [3.05, 3.63) is 36.3 Å². The second kappa shape index (κ2) is 4.87. The zero-order valence-corrected chi connectivity index (χ0v) is 10.8. The summed E-state index contributed by atoms with van der Waals surface area (Å²) in [5.74, 6) is 0.409. The Morgan fingerprint density at radius 2 is 2.42 bits per heavy atom. The van der Waals surface area contributed by atoms with Crippen LogP contribution < -0.4 is 0 Å². The van der Waals surface area contributed by atoms with Gasteiger partial charge >= 0.3 is 0 Å². The Balaban J connectivity index is 1.75. The van der Waals surface area contributed by atoms with Gasteiger partial charge in [-0.05, 0) is 25.8 Å². The van der Waals surface area contributed by atoms with Crippen molar-refractivity contribution in [2.75, 3.05) is 13.1 Å². The number of carbonyl (C=O) groups is 1. The molecule has 2 aromatic heterocycles. The predicted molar refractivity (Wildman–Crippen MR) is 67.6 cm³/mol. The average molecular weight is 260 g/mol. The van der Waals surface area contributed by atoms with Crippen molar-refractivity contribution >= 4 is 5.91 Å². The molecule has 0 aromatic carbocycles. The van der Waals surface area contributed by atoms with E-state index in [1.165, 1.54) is 6.33 Å². The van der Waals surface area contributed by atoms with Crippen LogP contribution in [-0.2, 0) is 0 Å². The van der Waals surface area contributed by atoms with Crippen LogP contribution in [0.4, 0.5) is 0 Å². The summed E-state index contributed by atoms with van der Waals surface area (Å²) in [6.45, 7) is 3.31. The summed E-state index contributed by atoms with van der Waals surface area (Å²) in [5, 5.41) is 4.16. The second-order valence-corrected chi connectivity index (χ2v) is 4.86. The molecule has 1 amide bonds. The fourth-order valence-electron chi connectivity index (χ4n) is 2.50. The third kappa shape index (κ3) is 2.25. The van der Waals surface area contributed by atoms with Crippen molar-refractivity contribution in [1.82, 2.24) is 19.7 Å². The molecule has 0 radical (unpaired) electrons. The molecule has 0 spiro atoms. The topological polar surface area (TPSA) is 64.2 Å². The Labute approximate surface area is 111 Å². The standard InChI is InChI=1S/C13H16N4O2/c1-10-4-6-19-12(10)13(18)16-5-2-3-11(7-16)17-9-14-8-15-17/h4,6,8-9,11H,2-3,5,7H2,1H3/t11-/m0/s1. The number of carbonyl (C=O) groups excluding carboxylic acids is 1. The molecule has 0 saturated carbocycles. The van der Waals surface area contributed by atoms with Crippen LogP contribution in [0.5, 0.6) is 0 Å². The first-order valence-corrected chi connectivity index (χ1v) is 6.43. The van der Waals surface area contributed by atoms with Crippen LogP contribution in [0.2, 0.25) is 0 Å². The zero-order valence-electron chi connectivity index (χ0n) is 10.8. The van der Waals surface area contributed by atoms with Gasteiger partial charge in [0, 0.05) is 18.7 Å². The van der Waals surface area contributed by atoms with Crippen LogP contribution in [-0.4, -0.2) is 38.7 Å². The Morgan fingerprint density at radius 1 is 1.53 bits per heavy atom. The fourth-order valence-corrected chi connectivity index (χ4v) is 2.50. The summed E-state index contributed by atoms with van der Waals surface area (Å²) < 4.78 is 7.11. The van der Waals surface area contributed by atoms with Gasteiger partial charge in [-0.3, -0.25) is 4.79 Å². The van der Waals surface area contributed by atoms with Gasteiger partial charge in [-0.1, -0.05) is 0 Å². The SMILES string of the molecule is Cc1ccoc1C(=O)N1CCC[C@H](n2cncn2)C1. The van der Waals surface area contributed by atoms with Gasteiger partial charge in [0.05, 0.1) is 12.3 Å². The molecule has 100 valence electrons. The summed E-state index contributed by atoms with van der Waals surface area (Å²) in [7, 11) is 0. The van der Waals surface area contributed by atoms with Gasteiger partial charge in [0.25, 0.3) is 5.91 Å². The molecule has 1 saturated heterocycles. The van der Waals surface area contributed by atoms with Gasteiger partial charge in [-0.2, -0.15) is 5.10 Å². The largest absolute Gasteiger partial charge is 0.459 e. The number of rotatable bonds is 2. The average Bonchev–Trinajstić information content (AvgIpc) is 3.09. The second-order valence-electron chi connectivity index (χ2n) is 4.86. The number of hydrogen-bond donors (Lipinski definition) is 0. The highest BCUT2D eigenvalue weighted by Gasteiger charge is 2.28. The van der Waals surface area contributed by atoms with Crippen LogP contribution in [0, 0.1) is 6.92 Å². The van der Waals surface area contributed by atoms with Crippen molar-refractivity contribution in [1.29, 1.82) is 0 Å². The molecular formula is C13H16N4O2. The molecule has 6 nitrogen and oxygen atoms in total. The van der Waals surface area contributed by atoms with E-state index < -0.39 is 0 Å². The minimum absolute atomic E-state index is 0.0349. The first-order chi connectivity index (χ1) is 9.25. The quantitative estimate of drug-likeness (QED) is 0.823. The molecule has 1 fully saturated rings. The summed E-state index contributed by atoms with van der Waals surface area (Å²) >= 11 is 0. The highest BCUT2D eigenvalue weighted by Crippen LogP contribution is 2.22. The van der Waals surface area contributed by atoms with Crippen LogP contribution >= 0.6 is 0 Å². The van der Waals surface area contributed by atoms with Crippen molar-refractivity contribution in [3.8, 4) is 0 Å². The van der Waals surface area contributed by atoms with E-state index >= 15 is 0 Å². The van der Waals surface area contributed by atoms with E-state index in [1.54, 1.807) is 12.6 Å². The lowest BCUT2D eigenvalue weighted by Crippen LogP contribution is -2.40. The van der Waals surface area contributed by atoms with Gasteiger partial charge in [0.1, 0.15) is 12.7 Å². The van der Waals surface area contributed by atoms with Crippen molar-refractivity contribution in [2.24, 2.45) is 0 Å². The molecule has 19 heavy (non-hydrogen) atoms. The van der Waals surface area contributed by atoms with Crippen LogP contribution in [0.15, 0.2) is 29.4 Å². The maximum absolute atomic E-state index is 12.4. The van der Waals surface area contributed by atoms with E-state index in [2.05, 4.69) is 10.1 Å². The number of nitrogens with zero attached hydrogens (tertiary/aromatic N) is 4. The third-order valence-corrected chi connectivity index (χ3v) is 3.55. The minimum Gasteiger partial charge on any atom is -0.459 e. The van der Waals surface area contributed by atoms with Crippen LogP contribution in [0.25, 0.3) is 0 Å². The first-order valence-electron chi connectivity index (χ1n) is 6.43. The Hall–Kier alpha value is -2.11. The normalized spacial score (nSPS) is 19.6. The van der Waals surface area contributed by atoms with E-state index in [0.29, 0.717) is 12.3 Å². The van der Waals surface area contributed by atoms with E-state index in [4.69, 9.17) is 4.42 Å². The van der Waals surface area contributed by atoms with Crippen LogP contribution in [0.3, 0.4) is 0 Å². The lowest BCUT2D eigenvalue weighted by Gasteiger charge is -2.32. The van der Waals surface area contributed by atoms with Gasteiger partial charge in [0.2, 0.25) is 0 Å². The van der Waals surface area contributed by atoms with E-state index in [1.807, 2.05) is 22.6 Å². The van der Waals surface area contributed by atoms with E-state index in [9.17, 15) is 4.79 Å². The summed E-state index contributed by atoms with van der Waals surface area (Å²) in [5.41, 5.74) is 0.882. The number of piperidine rings is 1. The van der Waals surface area contributed by atoms with E-state index in [-0.39, 0.29) is 11.9 Å². The van der Waals surface area contributed by atoms with E-state index in [0.717, 1.165) is 24.9 Å². The number of furan rings is 1. The maximum Gasteiger partial charge on any atom is 0.289 e. The molecule has 1 aliphatic rings. The lowest BCUT2D eigenvalue weighted by atomic mass is 10.1. The summed E-state index contributed by atoms with van der Waals surface area (Å²) in [6, 6.07) is 2.02. The highest BCUT2D eigenvalue weighted by molar-refractivity contribution is 5.92. The molecule has 1 aliphatic heterocycles. The van der Waals surface area contributed by atoms with Crippen LogP contribution in [0.1, 0.15) is 35.0 Å². The first kappa shape index (κ1) is 12.0. The smallest absolute Gasteiger partial charge is 0.289 e. The van der Waals surface area contributed by atoms with Crippen molar-refractivity contribution < 1.29 is 9.21 Å². The number of aryl methyl sites for hydroxylation is 1. The number of likely N-dealkylation sites (tertiary alicyclic amines) is 1. The molecule has 2 aromatic rings. The molecule has 0 aliphatic carbocycles. The molecule has 3 rings (SSSR count). The monoisotopic (exact) mass is 260 g/mol. The van der Waals surface area contributed by atoms with Crippen molar-refractivity contribution in [2.45, 2.75) is 25.8 Å².